The minimum absolute atomic E-state index is 2.17. The lowest BCUT2D eigenvalue weighted by molar-refractivity contribution is -0.139. The van der Waals surface area contributed by atoms with Crippen molar-refractivity contribution in [1.82, 2.24) is 0 Å². The summed E-state index contributed by atoms with van der Waals surface area (Å²) >= 11 is 0. The van der Waals surface area contributed by atoms with Crippen LogP contribution in [0.25, 0.3) is 10.8 Å². The topological polar surface area (TPSA) is 0 Å². The van der Waals surface area contributed by atoms with E-state index in [-0.39, 0.29) is 0 Å². The van der Waals surface area contributed by atoms with Crippen molar-refractivity contribution in [2.45, 2.75) is 6.18 Å². The van der Waals surface area contributed by atoms with Crippen molar-refractivity contribution in [1.29, 1.82) is 0 Å². The molecule has 0 heterocycles. The van der Waals surface area contributed by atoms with E-state index in [1.807, 2.05) is 0 Å². The molecule has 2 aromatic carbocycles. The SMILES string of the molecule is Fc1c(F)c(F)c2c(C(F)(F)F)c(F)c(F)c(F)c2c1F. The number of rotatable bonds is 0. The van der Waals surface area contributed by atoms with Gasteiger partial charge < -0.3 is 0 Å². The quantitative estimate of drug-likeness (QED) is 0.370. The summed E-state index contributed by atoms with van der Waals surface area (Å²) in [5.41, 5.74) is -2.77. The van der Waals surface area contributed by atoms with Gasteiger partial charge in [-0.2, -0.15) is 13.2 Å². The molecule has 0 aliphatic rings. The molecule has 0 amide bonds. The molecule has 0 nitrogen and oxygen atoms in total. The van der Waals surface area contributed by atoms with Gasteiger partial charge in [-0.05, 0) is 0 Å². The third kappa shape index (κ3) is 2.00. The molecule has 0 bridgehead atoms. The zero-order valence-electron chi connectivity index (χ0n) is 9.28. The molecule has 114 valence electrons. The Hall–Kier alpha value is -2.00. The Morgan fingerprint density at radius 1 is 0.429 bits per heavy atom. The van der Waals surface area contributed by atoms with Gasteiger partial charge in [0.25, 0.3) is 0 Å². The summed E-state index contributed by atoms with van der Waals surface area (Å²) in [6.45, 7) is 0. The molecular weight excluding hydrogens is 322 g/mol. The molecule has 0 atom stereocenters. The minimum Gasteiger partial charge on any atom is -0.203 e. The van der Waals surface area contributed by atoms with Crippen molar-refractivity contribution < 1.29 is 43.9 Å². The molecule has 0 aliphatic heterocycles. The maximum Gasteiger partial charge on any atom is 0.420 e. The number of hydrogen-bond acceptors (Lipinski definition) is 0. The molecule has 10 heteroatoms. The van der Waals surface area contributed by atoms with E-state index in [1.165, 1.54) is 0 Å². The van der Waals surface area contributed by atoms with Gasteiger partial charge in [0.2, 0.25) is 0 Å². The van der Waals surface area contributed by atoms with E-state index in [0.29, 0.717) is 0 Å². The van der Waals surface area contributed by atoms with Crippen LogP contribution in [0.2, 0.25) is 0 Å². The van der Waals surface area contributed by atoms with Crippen LogP contribution >= 0.6 is 0 Å². The molecule has 0 spiro atoms. The second-order valence-corrected chi connectivity index (χ2v) is 3.82. The lowest BCUT2D eigenvalue weighted by atomic mass is 10.0. The molecular formula is C11F10. The van der Waals surface area contributed by atoms with Crippen molar-refractivity contribution >= 4 is 10.8 Å². The van der Waals surface area contributed by atoms with Crippen LogP contribution in [0.5, 0.6) is 0 Å². The summed E-state index contributed by atoms with van der Waals surface area (Å²) in [5, 5.41) is -4.44. The van der Waals surface area contributed by atoms with E-state index >= 15 is 0 Å². The van der Waals surface area contributed by atoms with E-state index in [9.17, 15) is 43.9 Å². The number of fused-ring (bicyclic) bond motifs is 1. The van der Waals surface area contributed by atoms with E-state index < -0.39 is 63.2 Å². The van der Waals surface area contributed by atoms with Gasteiger partial charge in [-0.25, -0.2) is 30.7 Å². The average molecular weight is 322 g/mol. The Balaban J connectivity index is 3.26. The van der Waals surface area contributed by atoms with Crippen LogP contribution in [-0.4, -0.2) is 0 Å². The number of benzene rings is 2. The minimum atomic E-state index is -5.81. The van der Waals surface area contributed by atoms with Crippen LogP contribution in [0.15, 0.2) is 0 Å². The molecule has 0 fully saturated rings. The van der Waals surface area contributed by atoms with Gasteiger partial charge >= 0.3 is 6.18 Å². The van der Waals surface area contributed by atoms with Gasteiger partial charge in [0.1, 0.15) is 5.56 Å². The first kappa shape index (κ1) is 15.4. The smallest absolute Gasteiger partial charge is 0.203 e. The van der Waals surface area contributed by atoms with Crippen LogP contribution in [0, 0.1) is 40.7 Å². The van der Waals surface area contributed by atoms with E-state index in [2.05, 4.69) is 0 Å². The first-order valence-electron chi connectivity index (χ1n) is 4.89. The normalized spacial score (nSPS) is 12.3. The first-order chi connectivity index (χ1) is 9.50. The maximum absolute atomic E-state index is 13.4. The number of hydrogen-bond donors (Lipinski definition) is 0. The molecule has 0 unspecified atom stereocenters. The number of alkyl halides is 3. The summed E-state index contributed by atoms with van der Waals surface area (Å²) in [6.07, 6.45) is -5.81. The summed E-state index contributed by atoms with van der Waals surface area (Å²) in [5.74, 6) is -18.9. The first-order valence-corrected chi connectivity index (χ1v) is 4.89. The molecule has 2 rings (SSSR count). The third-order valence-electron chi connectivity index (χ3n) is 2.62. The second kappa shape index (κ2) is 4.50. The van der Waals surface area contributed by atoms with Crippen molar-refractivity contribution in [2.75, 3.05) is 0 Å². The molecule has 2 aromatic rings. The Labute approximate surface area is 108 Å². The van der Waals surface area contributed by atoms with Gasteiger partial charge in [-0.3, -0.25) is 0 Å². The Bertz CT molecular complexity index is 750. The summed E-state index contributed by atoms with van der Waals surface area (Å²) < 4.78 is 130. The Morgan fingerprint density at radius 3 is 1.14 bits per heavy atom. The van der Waals surface area contributed by atoms with Crippen molar-refractivity contribution in [3.8, 4) is 0 Å². The molecule has 0 N–H and O–H groups in total. The highest BCUT2D eigenvalue weighted by molar-refractivity contribution is 5.88. The van der Waals surface area contributed by atoms with Crippen LogP contribution in [0.1, 0.15) is 5.56 Å². The van der Waals surface area contributed by atoms with Gasteiger partial charge in [0.15, 0.2) is 40.7 Å². The van der Waals surface area contributed by atoms with Crippen LogP contribution in [0.3, 0.4) is 0 Å². The monoisotopic (exact) mass is 322 g/mol. The fourth-order valence-electron chi connectivity index (χ4n) is 1.76. The predicted molar refractivity (Wildman–Crippen MR) is 48.7 cm³/mol. The highest BCUT2D eigenvalue weighted by atomic mass is 19.4. The Kier molecular flexibility index (Phi) is 3.30. The predicted octanol–water partition coefficient (Wildman–Crippen LogP) is 4.83. The largest absolute Gasteiger partial charge is 0.420 e. The van der Waals surface area contributed by atoms with Crippen molar-refractivity contribution in [2.24, 2.45) is 0 Å². The highest BCUT2D eigenvalue weighted by Crippen LogP contribution is 2.42. The van der Waals surface area contributed by atoms with E-state index in [0.717, 1.165) is 0 Å². The molecule has 0 aromatic heterocycles. The third-order valence-corrected chi connectivity index (χ3v) is 2.62. The average Bonchev–Trinajstić information content (AvgIpc) is 2.38. The van der Waals surface area contributed by atoms with Gasteiger partial charge in [0, 0.05) is 5.39 Å². The standard InChI is InChI=1S/C11F10/c12-4-1-2(6(14)10(18)9(4)17)5(13)8(16)7(15)3(1)11(19,20)21. The zero-order valence-corrected chi connectivity index (χ0v) is 9.28. The summed E-state index contributed by atoms with van der Waals surface area (Å²) in [7, 11) is 0. The molecule has 21 heavy (non-hydrogen) atoms. The molecule has 0 saturated carbocycles. The number of halogens is 10. The van der Waals surface area contributed by atoms with Gasteiger partial charge in [-0.15, -0.1) is 0 Å². The van der Waals surface area contributed by atoms with E-state index in [1.54, 1.807) is 0 Å². The lowest BCUT2D eigenvalue weighted by Crippen LogP contribution is -2.15. The molecule has 0 saturated heterocycles. The van der Waals surface area contributed by atoms with Gasteiger partial charge in [0.05, 0.1) is 5.39 Å². The fraction of sp³-hybridized carbons (Fsp3) is 0.0909. The van der Waals surface area contributed by atoms with Crippen molar-refractivity contribution in [3.63, 3.8) is 0 Å². The van der Waals surface area contributed by atoms with Crippen molar-refractivity contribution in [3.05, 3.63) is 46.3 Å². The second-order valence-electron chi connectivity index (χ2n) is 3.82. The lowest BCUT2D eigenvalue weighted by Gasteiger charge is -2.15. The van der Waals surface area contributed by atoms with Crippen LogP contribution in [-0.2, 0) is 6.18 Å². The van der Waals surface area contributed by atoms with Gasteiger partial charge in [-0.1, -0.05) is 0 Å². The van der Waals surface area contributed by atoms with Crippen LogP contribution < -0.4 is 0 Å². The molecule has 0 radical (unpaired) electrons. The summed E-state index contributed by atoms with van der Waals surface area (Å²) in [4.78, 5) is 0. The summed E-state index contributed by atoms with van der Waals surface area (Å²) in [6, 6.07) is 0. The maximum atomic E-state index is 13.4. The Morgan fingerprint density at radius 2 is 0.762 bits per heavy atom. The molecule has 0 aliphatic carbocycles. The fourth-order valence-corrected chi connectivity index (χ4v) is 1.76. The van der Waals surface area contributed by atoms with Crippen LogP contribution in [0.4, 0.5) is 43.9 Å². The van der Waals surface area contributed by atoms with E-state index in [4.69, 9.17) is 0 Å². The zero-order chi connectivity index (χ0) is 16.3. The highest BCUT2D eigenvalue weighted by Gasteiger charge is 2.42.